The molecule has 1 atom stereocenters. The van der Waals surface area contributed by atoms with Gasteiger partial charge in [-0.2, -0.15) is 0 Å². The fourth-order valence-electron chi connectivity index (χ4n) is 1.79. The Labute approximate surface area is 83.1 Å². The first-order valence-electron chi connectivity index (χ1n) is 4.65. The number of aryl methyl sites for hydroxylation is 1. The number of halogens is 1. The summed E-state index contributed by atoms with van der Waals surface area (Å²) >= 11 is 6.00. The molecule has 1 aliphatic heterocycles. The molecular formula is C9H14ClN3. The van der Waals surface area contributed by atoms with Crippen LogP contribution in [0.5, 0.6) is 0 Å². The van der Waals surface area contributed by atoms with Crippen LogP contribution in [0.3, 0.4) is 0 Å². The standard InChI is InChI=1S/C9H14ClN3/c1-7-12-5-9(10)13(7)6-8-2-3-11-4-8/h5,8,11H,2-4,6H2,1H3. The van der Waals surface area contributed by atoms with Crippen LogP contribution in [0.1, 0.15) is 12.2 Å². The monoisotopic (exact) mass is 199 g/mol. The van der Waals surface area contributed by atoms with Gasteiger partial charge in [-0.05, 0) is 32.4 Å². The minimum absolute atomic E-state index is 0.713. The summed E-state index contributed by atoms with van der Waals surface area (Å²) in [4.78, 5) is 4.17. The lowest BCUT2D eigenvalue weighted by Crippen LogP contribution is -2.15. The SMILES string of the molecule is Cc1ncc(Cl)n1CC1CCNC1. The summed E-state index contributed by atoms with van der Waals surface area (Å²) in [6.07, 6.45) is 2.97. The Hall–Kier alpha value is -0.540. The second-order valence-corrected chi connectivity index (χ2v) is 3.98. The fourth-order valence-corrected chi connectivity index (χ4v) is 2.03. The maximum atomic E-state index is 6.00. The van der Waals surface area contributed by atoms with Crippen molar-refractivity contribution >= 4 is 11.6 Å². The molecule has 2 rings (SSSR count). The lowest BCUT2D eigenvalue weighted by Gasteiger charge is -2.11. The van der Waals surface area contributed by atoms with E-state index >= 15 is 0 Å². The third-order valence-electron chi connectivity index (χ3n) is 2.61. The van der Waals surface area contributed by atoms with Gasteiger partial charge >= 0.3 is 0 Å². The first-order chi connectivity index (χ1) is 6.27. The maximum absolute atomic E-state index is 6.00. The molecule has 0 aliphatic carbocycles. The molecule has 0 bridgehead atoms. The van der Waals surface area contributed by atoms with Gasteiger partial charge in [0.15, 0.2) is 0 Å². The Balaban J connectivity index is 2.07. The molecule has 1 fully saturated rings. The van der Waals surface area contributed by atoms with Crippen molar-refractivity contribution in [3.05, 3.63) is 17.2 Å². The molecule has 13 heavy (non-hydrogen) atoms. The Morgan fingerprint density at radius 3 is 3.15 bits per heavy atom. The molecule has 1 N–H and O–H groups in total. The zero-order valence-corrected chi connectivity index (χ0v) is 8.51. The second-order valence-electron chi connectivity index (χ2n) is 3.60. The average molecular weight is 200 g/mol. The molecule has 1 aromatic heterocycles. The van der Waals surface area contributed by atoms with Crippen LogP contribution < -0.4 is 5.32 Å². The van der Waals surface area contributed by atoms with Crippen molar-refractivity contribution in [1.82, 2.24) is 14.9 Å². The predicted octanol–water partition coefficient (Wildman–Crippen LogP) is 1.45. The van der Waals surface area contributed by atoms with Gasteiger partial charge in [-0.1, -0.05) is 11.6 Å². The van der Waals surface area contributed by atoms with Crippen LogP contribution in [0.2, 0.25) is 5.15 Å². The van der Waals surface area contributed by atoms with Crippen LogP contribution in [0.4, 0.5) is 0 Å². The molecule has 72 valence electrons. The topological polar surface area (TPSA) is 29.9 Å². The van der Waals surface area contributed by atoms with Crippen molar-refractivity contribution in [2.75, 3.05) is 13.1 Å². The van der Waals surface area contributed by atoms with E-state index in [0.29, 0.717) is 5.92 Å². The van der Waals surface area contributed by atoms with E-state index in [1.54, 1.807) is 6.20 Å². The highest BCUT2D eigenvalue weighted by Gasteiger charge is 2.16. The summed E-state index contributed by atoms with van der Waals surface area (Å²) in [5, 5.41) is 4.10. The van der Waals surface area contributed by atoms with Crippen LogP contribution in [-0.4, -0.2) is 22.6 Å². The van der Waals surface area contributed by atoms with Gasteiger partial charge < -0.3 is 9.88 Å². The van der Waals surface area contributed by atoms with Crippen molar-refractivity contribution in [2.24, 2.45) is 5.92 Å². The molecule has 1 unspecified atom stereocenters. The number of imidazole rings is 1. The molecule has 1 saturated heterocycles. The van der Waals surface area contributed by atoms with E-state index in [0.717, 1.165) is 30.6 Å². The van der Waals surface area contributed by atoms with Gasteiger partial charge in [0.25, 0.3) is 0 Å². The van der Waals surface area contributed by atoms with Crippen LogP contribution in [0.15, 0.2) is 6.20 Å². The molecule has 1 aliphatic rings. The molecule has 0 spiro atoms. The molecule has 3 nitrogen and oxygen atoms in total. The molecule has 0 radical (unpaired) electrons. The molecular weight excluding hydrogens is 186 g/mol. The molecule has 1 aromatic rings. The number of hydrogen-bond acceptors (Lipinski definition) is 2. The highest BCUT2D eigenvalue weighted by Crippen LogP contribution is 2.17. The Kier molecular flexibility index (Phi) is 2.56. The molecule has 4 heteroatoms. The lowest BCUT2D eigenvalue weighted by atomic mass is 10.1. The van der Waals surface area contributed by atoms with E-state index in [-0.39, 0.29) is 0 Å². The molecule has 0 aromatic carbocycles. The lowest BCUT2D eigenvalue weighted by molar-refractivity contribution is 0.475. The first-order valence-corrected chi connectivity index (χ1v) is 5.03. The minimum atomic E-state index is 0.713. The highest BCUT2D eigenvalue weighted by atomic mass is 35.5. The Morgan fingerprint density at radius 1 is 1.77 bits per heavy atom. The van der Waals surface area contributed by atoms with Crippen molar-refractivity contribution in [3.8, 4) is 0 Å². The van der Waals surface area contributed by atoms with Crippen LogP contribution in [-0.2, 0) is 6.54 Å². The van der Waals surface area contributed by atoms with Gasteiger partial charge in [0.05, 0.1) is 6.20 Å². The van der Waals surface area contributed by atoms with E-state index in [9.17, 15) is 0 Å². The largest absolute Gasteiger partial charge is 0.319 e. The van der Waals surface area contributed by atoms with Crippen molar-refractivity contribution in [1.29, 1.82) is 0 Å². The molecule has 0 saturated carbocycles. The van der Waals surface area contributed by atoms with E-state index in [4.69, 9.17) is 11.6 Å². The third kappa shape index (κ3) is 1.86. The van der Waals surface area contributed by atoms with E-state index in [1.807, 2.05) is 6.92 Å². The smallest absolute Gasteiger partial charge is 0.128 e. The van der Waals surface area contributed by atoms with Gasteiger partial charge in [0.2, 0.25) is 0 Å². The number of nitrogens with one attached hydrogen (secondary N) is 1. The van der Waals surface area contributed by atoms with Gasteiger partial charge in [-0.25, -0.2) is 4.98 Å². The number of rotatable bonds is 2. The Morgan fingerprint density at radius 2 is 2.62 bits per heavy atom. The third-order valence-corrected chi connectivity index (χ3v) is 2.91. The summed E-state index contributed by atoms with van der Waals surface area (Å²) in [7, 11) is 0. The fraction of sp³-hybridized carbons (Fsp3) is 0.667. The highest BCUT2D eigenvalue weighted by molar-refractivity contribution is 6.29. The van der Waals surface area contributed by atoms with Crippen molar-refractivity contribution < 1.29 is 0 Å². The maximum Gasteiger partial charge on any atom is 0.128 e. The first kappa shape index (κ1) is 9.03. The Bertz CT molecular complexity index is 270. The van der Waals surface area contributed by atoms with Gasteiger partial charge in [-0.15, -0.1) is 0 Å². The molecule has 0 amide bonds. The molecule has 2 heterocycles. The number of hydrogen-bond donors (Lipinski definition) is 1. The van der Waals surface area contributed by atoms with Crippen LogP contribution >= 0.6 is 11.6 Å². The van der Waals surface area contributed by atoms with E-state index in [2.05, 4.69) is 14.9 Å². The summed E-state index contributed by atoms with van der Waals surface area (Å²) < 4.78 is 2.08. The van der Waals surface area contributed by atoms with Crippen molar-refractivity contribution in [3.63, 3.8) is 0 Å². The minimum Gasteiger partial charge on any atom is -0.319 e. The second kappa shape index (κ2) is 3.68. The number of aromatic nitrogens is 2. The van der Waals surface area contributed by atoms with Gasteiger partial charge in [-0.3, -0.25) is 0 Å². The summed E-state index contributed by atoms with van der Waals surface area (Å²) in [5.74, 6) is 1.72. The number of nitrogens with zero attached hydrogens (tertiary/aromatic N) is 2. The van der Waals surface area contributed by atoms with Crippen LogP contribution in [0, 0.1) is 12.8 Å². The van der Waals surface area contributed by atoms with Gasteiger partial charge in [0.1, 0.15) is 11.0 Å². The van der Waals surface area contributed by atoms with E-state index in [1.165, 1.54) is 6.42 Å². The zero-order valence-electron chi connectivity index (χ0n) is 7.76. The summed E-state index contributed by atoms with van der Waals surface area (Å²) in [6.45, 7) is 5.23. The van der Waals surface area contributed by atoms with Crippen molar-refractivity contribution in [2.45, 2.75) is 19.9 Å². The van der Waals surface area contributed by atoms with Crippen LogP contribution in [0.25, 0.3) is 0 Å². The van der Waals surface area contributed by atoms with Gasteiger partial charge in [0, 0.05) is 6.54 Å². The quantitative estimate of drug-likeness (QED) is 0.782. The predicted molar refractivity (Wildman–Crippen MR) is 53.0 cm³/mol. The average Bonchev–Trinajstić information content (AvgIpc) is 2.70. The summed E-state index contributed by atoms with van der Waals surface area (Å²) in [6, 6.07) is 0. The van der Waals surface area contributed by atoms with E-state index < -0.39 is 0 Å². The summed E-state index contributed by atoms with van der Waals surface area (Å²) in [5.41, 5.74) is 0. The zero-order chi connectivity index (χ0) is 9.26. The normalized spacial score (nSPS) is 22.5.